The molecule has 2 aromatic rings. The molecule has 0 aliphatic rings. The normalized spacial score (nSPS) is 10.8. The van der Waals surface area contributed by atoms with Gasteiger partial charge >= 0.3 is 0 Å². The lowest BCUT2D eigenvalue weighted by Gasteiger charge is -1.98. The van der Waals surface area contributed by atoms with Crippen molar-refractivity contribution in [1.82, 2.24) is 10.2 Å². The summed E-state index contributed by atoms with van der Waals surface area (Å²) in [5.41, 5.74) is 9.82. The summed E-state index contributed by atoms with van der Waals surface area (Å²) in [5, 5.41) is 7.49. The van der Waals surface area contributed by atoms with Gasteiger partial charge in [0.2, 0.25) is 0 Å². The number of anilines is 1. The zero-order chi connectivity index (χ0) is 13.5. The topological polar surface area (TPSA) is 54.7 Å². The van der Waals surface area contributed by atoms with Crippen LogP contribution in [0.4, 0.5) is 5.69 Å². The highest BCUT2D eigenvalue weighted by molar-refractivity contribution is 5.61. The molecule has 2 rings (SSSR count). The minimum atomic E-state index is 0.787. The summed E-state index contributed by atoms with van der Waals surface area (Å²) in [6.45, 7) is 2.24. The molecule has 1 aromatic heterocycles. The van der Waals surface area contributed by atoms with Crippen LogP contribution in [-0.2, 0) is 6.42 Å². The minimum Gasteiger partial charge on any atom is -0.399 e. The van der Waals surface area contributed by atoms with Crippen LogP contribution in [0.2, 0.25) is 0 Å². The van der Waals surface area contributed by atoms with Crippen LogP contribution in [-0.4, -0.2) is 10.2 Å². The summed E-state index contributed by atoms with van der Waals surface area (Å²) in [7, 11) is 0. The van der Waals surface area contributed by atoms with Crippen molar-refractivity contribution in [2.75, 3.05) is 5.73 Å². The maximum Gasteiger partial charge on any atom is 0.0923 e. The standard InChI is InChI=1S/C16H23N3/c1-2-3-4-5-6-7-15-12-16(19-18-15)13-8-10-14(17)11-9-13/h8-12H,2-7,17H2,1H3,(H,18,19). The Balaban J connectivity index is 1.86. The number of hydrogen-bond donors (Lipinski definition) is 2. The molecule has 102 valence electrons. The highest BCUT2D eigenvalue weighted by atomic mass is 15.1. The predicted molar refractivity (Wildman–Crippen MR) is 80.9 cm³/mol. The van der Waals surface area contributed by atoms with Gasteiger partial charge in [-0.3, -0.25) is 5.10 Å². The first-order valence-corrected chi connectivity index (χ1v) is 7.20. The van der Waals surface area contributed by atoms with Crippen molar-refractivity contribution < 1.29 is 0 Å². The molecule has 3 N–H and O–H groups in total. The third kappa shape index (κ3) is 4.12. The maximum atomic E-state index is 5.69. The molecule has 3 nitrogen and oxygen atoms in total. The van der Waals surface area contributed by atoms with Crippen LogP contribution in [0, 0.1) is 0 Å². The Hall–Kier alpha value is -1.77. The molecule has 1 aromatic carbocycles. The molecule has 0 spiro atoms. The Morgan fingerprint density at radius 2 is 1.79 bits per heavy atom. The molecule has 3 heteroatoms. The second-order valence-electron chi connectivity index (χ2n) is 5.06. The first-order valence-electron chi connectivity index (χ1n) is 7.20. The molecule has 0 saturated heterocycles. The van der Waals surface area contributed by atoms with Gasteiger partial charge in [0.05, 0.1) is 5.69 Å². The third-order valence-corrected chi connectivity index (χ3v) is 3.39. The fourth-order valence-electron chi connectivity index (χ4n) is 2.21. The number of benzene rings is 1. The van der Waals surface area contributed by atoms with Crippen LogP contribution < -0.4 is 5.73 Å². The van der Waals surface area contributed by atoms with Gasteiger partial charge in [-0.2, -0.15) is 5.10 Å². The largest absolute Gasteiger partial charge is 0.399 e. The molecule has 0 amide bonds. The van der Waals surface area contributed by atoms with Crippen LogP contribution in [0.5, 0.6) is 0 Å². The van der Waals surface area contributed by atoms with Gasteiger partial charge in [-0.15, -0.1) is 0 Å². The number of nitrogens with zero attached hydrogens (tertiary/aromatic N) is 1. The molecule has 0 aliphatic carbocycles. The molecule has 0 bridgehead atoms. The lowest BCUT2D eigenvalue weighted by Crippen LogP contribution is -1.86. The van der Waals surface area contributed by atoms with Crippen LogP contribution in [0.15, 0.2) is 30.3 Å². The van der Waals surface area contributed by atoms with Crippen molar-refractivity contribution in [2.45, 2.75) is 45.4 Å². The SMILES string of the molecule is CCCCCCCc1cc(-c2ccc(N)cc2)n[nH]1. The number of H-pyrrole nitrogens is 1. The van der Waals surface area contributed by atoms with Crippen molar-refractivity contribution in [2.24, 2.45) is 0 Å². The van der Waals surface area contributed by atoms with E-state index in [9.17, 15) is 0 Å². The Morgan fingerprint density at radius 3 is 2.53 bits per heavy atom. The van der Waals surface area contributed by atoms with Gasteiger partial charge in [0.1, 0.15) is 0 Å². The Labute approximate surface area is 115 Å². The molecular weight excluding hydrogens is 234 g/mol. The van der Waals surface area contributed by atoms with E-state index in [0.29, 0.717) is 0 Å². The van der Waals surface area contributed by atoms with Gasteiger partial charge in [0, 0.05) is 16.9 Å². The van der Waals surface area contributed by atoms with Crippen molar-refractivity contribution in [3.63, 3.8) is 0 Å². The average molecular weight is 257 g/mol. The van der Waals surface area contributed by atoms with Crippen LogP contribution in [0.25, 0.3) is 11.3 Å². The van der Waals surface area contributed by atoms with Gasteiger partial charge in [-0.1, -0.05) is 44.7 Å². The number of nitrogens with two attached hydrogens (primary N) is 1. The molecule has 1 heterocycles. The molecule has 19 heavy (non-hydrogen) atoms. The van der Waals surface area contributed by atoms with E-state index in [1.165, 1.54) is 37.8 Å². The lowest BCUT2D eigenvalue weighted by atomic mass is 10.1. The Morgan fingerprint density at radius 1 is 1.05 bits per heavy atom. The fourth-order valence-corrected chi connectivity index (χ4v) is 2.21. The highest BCUT2D eigenvalue weighted by Gasteiger charge is 2.03. The van der Waals surface area contributed by atoms with E-state index in [4.69, 9.17) is 5.73 Å². The van der Waals surface area contributed by atoms with Crippen LogP contribution >= 0.6 is 0 Å². The second kappa shape index (κ2) is 6.98. The van der Waals surface area contributed by atoms with Gasteiger partial charge in [0.25, 0.3) is 0 Å². The number of nitrogen functional groups attached to an aromatic ring is 1. The molecule has 0 aliphatic heterocycles. The summed E-state index contributed by atoms with van der Waals surface area (Å²) in [4.78, 5) is 0. The second-order valence-corrected chi connectivity index (χ2v) is 5.06. The van der Waals surface area contributed by atoms with Crippen LogP contribution in [0.1, 0.15) is 44.7 Å². The third-order valence-electron chi connectivity index (χ3n) is 3.39. The summed E-state index contributed by atoms with van der Waals surface area (Å²) in [5.74, 6) is 0. The van der Waals surface area contributed by atoms with Crippen molar-refractivity contribution in [1.29, 1.82) is 0 Å². The number of hydrogen-bond acceptors (Lipinski definition) is 2. The average Bonchev–Trinajstić information content (AvgIpc) is 2.88. The zero-order valence-corrected chi connectivity index (χ0v) is 11.7. The first kappa shape index (κ1) is 13.7. The smallest absolute Gasteiger partial charge is 0.0923 e. The Bertz CT molecular complexity index is 485. The summed E-state index contributed by atoms with van der Waals surface area (Å²) >= 11 is 0. The minimum absolute atomic E-state index is 0.787. The fraction of sp³-hybridized carbons (Fsp3) is 0.438. The van der Waals surface area contributed by atoms with Gasteiger partial charge < -0.3 is 5.73 Å². The monoisotopic (exact) mass is 257 g/mol. The Kier molecular flexibility index (Phi) is 5.01. The number of unbranched alkanes of at least 4 members (excludes halogenated alkanes) is 4. The molecular formula is C16H23N3. The lowest BCUT2D eigenvalue weighted by molar-refractivity contribution is 0.627. The highest BCUT2D eigenvalue weighted by Crippen LogP contribution is 2.19. The van der Waals surface area contributed by atoms with E-state index in [2.05, 4.69) is 23.2 Å². The molecule has 0 fully saturated rings. The van der Waals surface area contributed by atoms with E-state index in [1.807, 2.05) is 24.3 Å². The quantitative estimate of drug-likeness (QED) is 0.577. The van der Waals surface area contributed by atoms with Crippen LogP contribution in [0.3, 0.4) is 0 Å². The van der Waals surface area contributed by atoms with Crippen molar-refractivity contribution >= 4 is 5.69 Å². The first-order chi connectivity index (χ1) is 9.29. The van der Waals surface area contributed by atoms with Crippen molar-refractivity contribution in [3.8, 4) is 11.3 Å². The number of aromatic amines is 1. The maximum absolute atomic E-state index is 5.69. The number of aryl methyl sites for hydroxylation is 1. The number of nitrogens with one attached hydrogen (secondary N) is 1. The summed E-state index contributed by atoms with van der Waals surface area (Å²) in [6.07, 6.45) is 7.62. The predicted octanol–water partition coefficient (Wildman–Crippen LogP) is 4.17. The van der Waals surface area contributed by atoms with E-state index >= 15 is 0 Å². The van der Waals surface area contributed by atoms with Gasteiger partial charge in [0.15, 0.2) is 0 Å². The summed E-state index contributed by atoms with van der Waals surface area (Å²) < 4.78 is 0. The van der Waals surface area contributed by atoms with E-state index < -0.39 is 0 Å². The number of rotatable bonds is 7. The molecule has 0 saturated carbocycles. The van der Waals surface area contributed by atoms with Gasteiger partial charge in [-0.05, 0) is 31.0 Å². The molecule has 0 radical (unpaired) electrons. The van der Waals surface area contributed by atoms with Crippen molar-refractivity contribution in [3.05, 3.63) is 36.0 Å². The number of aromatic nitrogens is 2. The zero-order valence-electron chi connectivity index (χ0n) is 11.7. The summed E-state index contributed by atoms with van der Waals surface area (Å²) in [6, 6.07) is 9.99. The van der Waals surface area contributed by atoms with E-state index in [0.717, 1.165) is 23.4 Å². The molecule has 0 atom stereocenters. The van der Waals surface area contributed by atoms with E-state index in [-0.39, 0.29) is 0 Å². The van der Waals surface area contributed by atoms with Gasteiger partial charge in [-0.25, -0.2) is 0 Å². The molecule has 0 unspecified atom stereocenters. The van der Waals surface area contributed by atoms with E-state index in [1.54, 1.807) is 0 Å².